The van der Waals surface area contributed by atoms with Crippen LogP contribution in [0.3, 0.4) is 0 Å². The monoisotopic (exact) mass is 376 g/mol. The average molecular weight is 376 g/mol. The summed E-state index contributed by atoms with van der Waals surface area (Å²) < 4.78 is 15.1. The van der Waals surface area contributed by atoms with E-state index in [9.17, 15) is 14.4 Å². The zero-order chi connectivity index (χ0) is 19.8. The number of carbonyl (C=O) groups is 3. The summed E-state index contributed by atoms with van der Waals surface area (Å²) in [6.45, 7) is 5.89. The smallest absolute Gasteiger partial charge is 0.338 e. The summed E-state index contributed by atoms with van der Waals surface area (Å²) >= 11 is 0. The van der Waals surface area contributed by atoms with Crippen molar-refractivity contribution in [2.45, 2.75) is 33.2 Å². The van der Waals surface area contributed by atoms with E-state index in [2.05, 4.69) is 10.6 Å². The zero-order valence-corrected chi connectivity index (χ0v) is 15.7. The van der Waals surface area contributed by atoms with Gasteiger partial charge in [0, 0.05) is 6.20 Å². The first-order valence-electron chi connectivity index (χ1n) is 8.87. The van der Waals surface area contributed by atoms with Crippen LogP contribution in [-0.2, 0) is 23.8 Å². The van der Waals surface area contributed by atoms with Crippen LogP contribution < -0.4 is 10.6 Å². The molecule has 0 fully saturated rings. The second kappa shape index (κ2) is 9.61. The normalized spacial score (nSPS) is 15.2. The molecule has 0 aliphatic carbocycles. The van der Waals surface area contributed by atoms with Gasteiger partial charge in [-0.1, -0.05) is 0 Å². The molecule has 0 bridgehead atoms. The summed E-state index contributed by atoms with van der Waals surface area (Å²) in [4.78, 5) is 36.2. The van der Waals surface area contributed by atoms with Gasteiger partial charge in [0.2, 0.25) is 0 Å². The highest BCUT2D eigenvalue weighted by Gasteiger charge is 2.28. The maximum atomic E-state index is 12.3. The lowest BCUT2D eigenvalue weighted by atomic mass is 10.0. The summed E-state index contributed by atoms with van der Waals surface area (Å²) in [5, 5.41) is 6.15. The predicted octanol–water partition coefficient (Wildman–Crippen LogP) is 2.47. The van der Waals surface area contributed by atoms with Gasteiger partial charge in [0.15, 0.2) is 0 Å². The highest BCUT2D eigenvalue weighted by Crippen LogP contribution is 2.30. The minimum atomic E-state index is -0.634. The van der Waals surface area contributed by atoms with Crippen molar-refractivity contribution in [1.29, 1.82) is 0 Å². The average Bonchev–Trinajstić information content (AvgIpc) is 2.80. The van der Waals surface area contributed by atoms with Crippen LogP contribution in [0.5, 0.6) is 0 Å². The molecule has 1 aromatic rings. The number of hydrogen-bond donors (Lipinski definition) is 2. The molecular weight excluding hydrogens is 352 g/mol. The Balaban J connectivity index is 2.32. The van der Waals surface area contributed by atoms with Crippen molar-refractivity contribution in [3.63, 3.8) is 0 Å². The fraction of sp³-hybridized carbons (Fsp3) is 0.421. The van der Waals surface area contributed by atoms with Gasteiger partial charge < -0.3 is 24.8 Å². The molecule has 2 N–H and O–H groups in total. The van der Waals surface area contributed by atoms with Gasteiger partial charge in [-0.15, -0.1) is 0 Å². The number of carbonyl (C=O) groups excluding carboxylic acids is 3. The Morgan fingerprint density at radius 2 is 1.59 bits per heavy atom. The molecule has 0 saturated heterocycles. The van der Waals surface area contributed by atoms with E-state index in [1.807, 2.05) is 0 Å². The van der Waals surface area contributed by atoms with Crippen molar-refractivity contribution in [2.24, 2.45) is 0 Å². The third-order valence-corrected chi connectivity index (χ3v) is 3.81. The van der Waals surface area contributed by atoms with Gasteiger partial charge in [0.05, 0.1) is 54.8 Å². The third-order valence-electron chi connectivity index (χ3n) is 3.81. The van der Waals surface area contributed by atoms with Gasteiger partial charge in [-0.2, -0.15) is 0 Å². The Morgan fingerprint density at radius 1 is 0.926 bits per heavy atom. The molecule has 1 aliphatic heterocycles. The van der Waals surface area contributed by atoms with E-state index in [0.29, 0.717) is 16.9 Å². The summed E-state index contributed by atoms with van der Waals surface area (Å²) in [7, 11) is 0. The second-order valence-corrected chi connectivity index (χ2v) is 5.65. The molecule has 0 radical (unpaired) electrons. The van der Waals surface area contributed by atoms with E-state index in [-0.39, 0.29) is 31.8 Å². The van der Waals surface area contributed by atoms with E-state index in [4.69, 9.17) is 14.2 Å². The molecule has 0 unspecified atom stereocenters. The van der Waals surface area contributed by atoms with Crippen LogP contribution in [0.15, 0.2) is 30.0 Å². The Kier molecular flexibility index (Phi) is 7.22. The van der Waals surface area contributed by atoms with E-state index < -0.39 is 23.9 Å². The van der Waals surface area contributed by atoms with Crippen LogP contribution in [0.1, 0.15) is 37.6 Å². The minimum absolute atomic E-state index is 0.0424. The molecule has 0 aromatic heterocycles. The first kappa shape index (κ1) is 20.3. The van der Waals surface area contributed by atoms with Crippen LogP contribution in [0.4, 0.5) is 11.4 Å². The van der Waals surface area contributed by atoms with Crippen molar-refractivity contribution in [1.82, 2.24) is 0 Å². The summed E-state index contributed by atoms with van der Waals surface area (Å²) in [5.41, 5.74) is 1.85. The van der Waals surface area contributed by atoms with E-state index in [1.54, 1.807) is 39.0 Å². The highest BCUT2D eigenvalue weighted by molar-refractivity contribution is 5.95. The first-order valence-corrected chi connectivity index (χ1v) is 8.87. The van der Waals surface area contributed by atoms with Crippen molar-refractivity contribution >= 4 is 29.3 Å². The van der Waals surface area contributed by atoms with Gasteiger partial charge >= 0.3 is 17.9 Å². The number of hydrogen-bond acceptors (Lipinski definition) is 8. The lowest BCUT2D eigenvalue weighted by Crippen LogP contribution is -2.30. The van der Waals surface area contributed by atoms with Crippen LogP contribution in [0.25, 0.3) is 0 Å². The minimum Gasteiger partial charge on any atom is -0.466 e. The molecule has 0 spiro atoms. The molecule has 27 heavy (non-hydrogen) atoms. The molecule has 1 aliphatic rings. The quantitative estimate of drug-likeness (QED) is 0.553. The third kappa shape index (κ3) is 5.22. The fourth-order valence-corrected chi connectivity index (χ4v) is 2.62. The van der Waals surface area contributed by atoms with E-state index in [0.717, 1.165) is 0 Å². The van der Waals surface area contributed by atoms with E-state index >= 15 is 0 Å². The van der Waals surface area contributed by atoms with Gasteiger partial charge in [-0.25, -0.2) is 9.59 Å². The summed E-state index contributed by atoms with van der Waals surface area (Å²) in [5.74, 6) is -1.41. The number of anilines is 2. The topological polar surface area (TPSA) is 103 Å². The van der Waals surface area contributed by atoms with Crippen molar-refractivity contribution < 1.29 is 28.6 Å². The fourth-order valence-electron chi connectivity index (χ4n) is 2.62. The van der Waals surface area contributed by atoms with Gasteiger partial charge in [-0.3, -0.25) is 4.79 Å². The van der Waals surface area contributed by atoms with Crippen molar-refractivity contribution in [2.75, 3.05) is 30.5 Å². The maximum absolute atomic E-state index is 12.3. The molecule has 1 atom stereocenters. The van der Waals surface area contributed by atoms with Gasteiger partial charge in [0.25, 0.3) is 0 Å². The lowest BCUT2D eigenvalue weighted by molar-refractivity contribution is -0.143. The molecule has 8 heteroatoms. The molecular formula is C19H24N2O6. The van der Waals surface area contributed by atoms with Crippen LogP contribution >= 0.6 is 0 Å². The van der Waals surface area contributed by atoms with Crippen molar-refractivity contribution in [3.8, 4) is 0 Å². The molecule has 1 heterocycles. The lowest BCUT2D eigenvalue weighted by Gasteiger charge is -2.19. The largest absolute Gasteiger partial charge is 0.466 e. The predicted molar refractivity (Wildman–Crippen MR) is 99.4 cm³/mol. The molecule has 1 aromatic carbocycles. The number of rotatable bonds is 7. The maximum Gasteiger partial charge on any atom is 0.338 e. The highest BCUT2D eigenvalue weighted by atomic mass is 16.5. The Hall–Kier alpha value is -3.03. The Labute approximate surface area is 157 Å². The van der Waals surface area contributed by atoms with Gasteiger partial charge in [-0.05, 0) is 39.0 Å². The molecule has 8 nitrogen and oxygen atoms in total. The Morgan fingerprint density at radius 3 is 2.26 bits per heavy atom. The van der Waals surface area contributed by atoms with Crippen molar-refractivity contribution in [3.05, 3.63) is 35.5 Å². The standard InChI is InChI=1S/C19H24N2O6/c1-4-25-17(22)10-15-13(19(24)27-6-3)11-20-16-9-12(18(23)26-5-2)7-8-14(16)21-15/h7-9,11,15,20-21H,4-6,10H2,1-3H3/t15-/m1/s1. The number of benzene rings is 1. The van der Waals surface area contributed by atoms with Crippen LogP contribution in [-0.4, -0.2) is 43.8 Å². The summed E-state index contributed by atoms with van der Waals surface area (Å²) in [6.07, 6.45) is 1.44. The first-order chi connectivity index (χ1) is 13.0. The number of ether oxygens (including phenoxy) is 3. The zero-order valence-electron chi connectivity index (χ0n) is 15.7. The SMILES string of the molecule is CCOC(=O)C[C@H]1Nc2ccc(C(=O)OCC)cc2NC=C1C(=O)OCC. The molecule has 0 saturated carbocycles. The molecule has 2 rings (SSSR count). The molecule has 146 valence electrons. The summed E-state index contributed by atoms with van der Waals surface area (Å²) in [6, 6.07) is 4.29. The molecule has 0 amide bonds. The Bertz CT molecular complexity index is 744. The number of nitrogens with one attached hydrogen (secondary N) is 2. The van der Waals surface area contributed by atoms with Crippen LogP contribution in [0.2, 0.25) is 0 Å². The van der Waals surface area contributed by atoms with Crippen LogP contribution in [0, 0.1) is 0 Å². The van der Waals surface area contributed by atoms with Gasteiger partial charge in [0.1, 0.15) is 0 Å². The second-order valence-electron chi connectivity index (χ2n) is 5.65. The van der Waals surface area contributed by atoms with E-state index in [1.165, 1.54) is 6.20 Å². The number of fused-ring (bicyclic) bond motifs is 1. The number of esters is 3.